The highest BCUT2D eigenvalue weighted by Gasteiger charge is 2.25. The molecule has 1 saturated heterocycles. The standard InChI is InChI=1S/C24H28N8O5S2/c1-38(34,35)30-13-10-20(11-14-30)27-24-25-16-19-8-9-21(33)31(23(19)28-24)12-5-15-39(36,37)32-17-26-22(29-32)18-6-3-2-4-7-18/h2-4,6-9,16-17,20H,5,10-15H2,1H3,(H,25,27,28). The van der Waals surface area contributed by atoms with E-state index in [2.05, 4.69) is 25.4 Å². The fourth-order valence-electron chi connectivity index (χ4n) is 4.47. The number of nitrogens with one attached hydrogen (secondary N) is 1. The van der Waals surface area contributed by atoms with Crippen molar-refractivity contribution in [2.24, 2.45) is 0 Å². The van der Waals surface area contributed by atoms with Gasteiger partial charge >= 0.3 is 0 Å². The minimum absolute atomic E-state index is 0.0158. The highest BCUT2D eigenvalue weighted by Crippen LogP contribution is 2.18. The third-order valence-corrected chi connectivity index (χ3v) is 9.41. The van der Waals surface area contributed by atoms with Crippen molar-refractivity contribution in [1.82, 2.24) is 33.0 Å². The van der Waals surface area contributed by atoms with Crippen LogP contribution in [-0.2, 0) is 26.6 Å². The molecule has 206 valence electrons. The summed E-state index contributed by atoms with van der Waals surface area (Å²) < 4.78 is 53.0. The minimum atomic E-state index is -3.79. The molecule has 1 fully saturated rings. The Bertz CT molecular complexity index is 1750. The van der Waals surface area contributed by atoms with E-state index >= 15 is 0 Å². The highest BCUT2D eigenvalue weighted by atomic mass is 32.2. The molecule has 0 amide bonds. The molecule has 0 unspecified atom stereocenters. The van der Waals surface area contributed by atoms with Gasteiger partial charge in [-0.05, 0) is 25.3 Å². The normalized spacial score (nSPS) is 15.5. The number of fused-ring (bicyclic) bond motifs is 1. The van der Waals surface area contributed by atoms with Gasteiger partial charge in [-0.1, -0.05) is 30.3 Å². The summed E-state index contributed by atoms with van der Waals surface area (Å²) in [6, 6.07) is 12.1. The van der Waals surface area contributed by atoms with Crippen LogP contribution in [0, 0.1) is 0 Å². The molecule has 3 aromatic heterocycles. The summed E-state index contributed by atoms with van der Waals surface area (Å²) in [4.78, 5) is 25.7. The summed E-state index contributed by atoms with van der Waals surface area (Å²) in [5.41, 5.74) is 0.787. The highest BCUT2D eigenvalue weighted by molar-refractivity contribution is 7.89. The van der Waals surface area contributed by atoms with Gasteiger partial charge in [-0.2, -0.15) is 4.98 Å². The average Bonchev–Trinajstić information content (AvgIpc) is 3.42. The van der Waals surface area contributed by atoms with E-state index in [0.717, 1.165) is 4.09 Å². The molecule has 0 spiro atoms. The average molecular weight is 573 g/mol. The van der Waals surface area contributed by atoms with Crippen LogP contribution in [0.5, 0.6) is 0 Å². The first-order valence-electron chi connectivity index (χ1n) is 12.4. The lowest BCUT2D eigenvalue weighted by Gasteiger charge is -2.30. The number of hydrogen-bond acceptors (Lipinski definition) is 10. The Balaban J connectivity index is 1.27. The first kappa shape index (κ1) is 26.9. The van der Waals surface area contributed by atoms with Gasteiger partial charge in [0.1, 0.15) is 12.0 Å². The van der Waals surface area contributed by atoms with Crippen molar-refractivity contribution < 1.29 is 16.8 Å². The maximum Gasteiger partial charge on any atom is 0.255 e. The van der Waals surface area contributed by atoms with Gasteiger partial charge in [-0.3, -0.25) is 9.36 Å². The zero-order valence-electron chi connectivity index (χ0n) is 21.2. The number of anilines is 1. The molecule has 1 aliphatic rings. The SMILES string of the molecule is CS(=O)(=O)N1CCC(Nc2ncc3ccc(=O)n(CCCS(=O)(=O)n4cnc(-c5ccccc5)n4)c3n2)CC1. The molecule has 15 heteroatoms. The molecular formula is C24H28N8O5S2. The number of aromatic nitrogens is 6. The van der Waals surface area contributed by atoms with Crippen LogP contribution in [0.4, 0.5) is 5.95 Å². The molecule has 0 saturated carbocycles. The van der Waals surface area contributed by atoms with Crippen LogP contribution in [0.25, 0.3) is 22.4 Å². The van der Waals surface area contributed by atoms with Crippen LogP contribution < -0.4 is 10.9 Å². The smallest absolute Gasteiger partial charge is 0.255 e. The maximum absolute atomic E-state index is 12.9. The van der Waals surface area contributed by atoms with Crippen LogP contribution in [0.1, 0.15) is 19.3 Å². The van der Waals surface area contributed by atoms with Gasteiger partial charge in [0.15, 0.2) is 5.82 Å². The van der Waals surface area contributed by atoms with Crippen molar-refractivity contribution >= 4 is 37.0 Å². The Hall–Kier alpha value is -3.69. The monoisotopic (exact) mass is 572 g/mol. The fourth-order valence-corrected chi connectivity index (χ4v) is 6.42. The number of piperidine rings is 1. The topological polar surface area (TPSA) is 162 Å². The summed E-state index contributed by atoms with van der Waals surface area (Å²) >= 11 is 0. The molecule has 1 N–H and O–H groups in total. The van der Waals surface area contributed by atoms with Crippen LogP contribution in [0.3, 0.4) is 0 Å². The number of hydrogen-bond donors (Lipinski definition) is 1. The summed E-state index contributed by atoms with van der Waals surface area (Å²) in [7, 11) is -7.02. The Labute approximate surface area is 225 Å². The lowest BCUT2D eigenvalue weighted by molar-refractivity contribution is 0.331. The second-order valence-corrected chi connectivity index (χ2v) is 13.3. The molecule has 5 rings (SSSR count). The predicted molar refractivity (Wildman–Crippen MR) is 146 cm³/mol. The van der Waals surface area contributed by atoms with E-state index in [1.807, 2.05) is 18.2 Å². The first-order valence-corrected chi connectivity index (χ1v) is 15.8. The molecule has 1 aromatic carbocycles. The summed E-state index contributed by atoms with van der Waals surface area (Å²) in [5, 5.41) is 7.99. The van der Waals surface area contributed by atoms with Gasteiger partial charge in [-0.15, -0.1) is 9.19 Å². The van der Waals surface area contributed by atoms with Gasteiger partial charge in [0.05, 0.1) is 12.0 Å². The maximum atomic E-state index is 12.9. The van der Waals surface area contributed by atoms with E-state index < -0.39 is 20.0 Å². The Kier molecular flexibility index (Phi) is 7.46. The third-order valence-electron chi connectivity index (χ3n) is 6.55. The van der Waals surface area contributed by atoms with Gasteiger partial charge in [0, 0.05) is 48.9 Å². The lowest BCUT2D eigenvalue weighted by atomic mass is 10.1. The van der Waals surface area contributed by atoms with Crippen molar-refractivity contribution in [2.45, 2.75) is 31.8 Å². The first-order chi connectivity index (χ1) is 18.6. The number of pyridine rings is 1. The van der Waals surface area contributed by atoms with Crippen LogP contribution in [0.2, 0.25) is 0 Å². The van der Waals surface area contributed by atoms with Crippen molar-refractivity contribution in [3.05, 3.63) is 65.3 Å². The number of aryl methyl sites for hydroxylation is 1. The van der Waals surface area contributed by atoms with Gasteiger partial charge in [0.2, 0.25) is 16.0 Å². The second-order valence-electron chi connectivity index (χ2n) is 9.35. The largest absolute Gasteiger partial charge is 0.351 e. The van der Waals surface area contributed by atoms with Crippen LogP contribution >= 0.6 is 0 Å². The van der Waals surface area contributed by atoms with E-state index in [1.165, 1.54) is 27.5 Å². The minimum Gasteiger partial charge on any atom is -0.351 e. The number of sulfonamides is 1. The van der Waals surface area contributed by atoms with Crippen molar-refractivity contribution in [1.29, 1.82) is 0 Å². The summed E-state index contributed by atoms with van der Waals surface area (Å²) in [6.07, 6.45) is 5.32. The fraction of sp³-hybridized carbons (Fsp3) is 0.375. The molecule has 0 bridgehead atoms. The van der Waals surface area contributed by atoms with E-state index in [9.17, 15) is 21.6 Å². The second kappa shape index (κ2) is 10.8. The molecule has 39 heavy (non-hydrogen) atoms. The van der Waals surface area contributed by atoms with E-state index in [1.54, 1.807) is 24.4 Å². The van der Waals surface area contributed by atoms with Crippen molar-refractivity contribution in [3.63, 3.8) is 0 Å². The molecule has 0 aliphatic carbocycles. The molecule has 0 atom stereocenters. The number of nitrogens with zero attached hydrogens (tertiary/aromatic N) is 7. The van der Waals surface area contributed by atoms with E-state index in [4.69, 9.17) is 0 Å². The zero-order chi connectivity index (χ0) is 27.6. The molecular weight excluding hydrogens is 544 g/mol. The predicted octanol–water partition coefficient (Wildman–Crippen LogP) is 1.15. The Morgan fingerprint density at radius 1 is 1.00 bits per heavy atom. The van der Waals surface area contributed by atoms with Crippen molar-refractivity contribution in [2.75, 3.05) is 30.4 Å². The Morgan fingerprint density at radius 2 is 1.74 bits per heavy atom. The van der Waals surface area contributed by atoms with Gasteiger partial charge in [0.25, 0.3) is 15.6 Å². The van der Waals surface area contributed by atoms with E-state index in [-0.39, 0.29) is 30.3 Å². The zero-order valence-corrected chi connectivity index (χ0v) is 22.8. The molecule has 4 aromatic rings. The quantitative estimate of drug-likeness (QED) is 0.308. The summed E-state index contributed by atoms with van der Waals surface area (Å²) in [6.45, 7) is 0.933. The number of benzene rings is 1. The Morgan fingerprint density at radius 3 is 2.46 bits per heavy atom. The third kappa shape index (κ3) is 6.15. The van der Waals surface area contributed by atoms with Crippen LogP contribution in [0.15, 0.2) is 59.8 Å². The van der Waals surface area contributed by atoms with Gasteiger partial charge in [-0.25, -0.2) is 31.1 Å². The molecule has 1 aliphatic heterocycles. The molecule has 13 nitrogen and oxygen atoms in total. The van der Waals surface area contributed by atoms with Crippen LogP contribution in [-0.4, -0.2) is 81.0 Å². The molecule has 0 radical (unpaired) electrons. The summed E-state index contributed by atoms with van der Waals surface area (Å²) in [5.74, 6) is 0.384. The lowest BCUT2D eigenvalue weighted by Crippen LogP contribution is -2.42. The van der Waals surface area contributed by atoms with Crippen molar-refractivity contribution in [3.8, 4) is 11.4 Å². The number of rotatable bonds is 9. The molecule has 4 heterocycles. The van der Waals surface area contributed by atoms with Gasteiger partial charge < -0.3 is 5.32 Å². The van der Waals surface area contributed by atoms with E-state index in [0.29, 0.717) is 54.3 Å².